The quantitative estimate of drug-likeness (QED) is 0.853. The molecule has 1 aromatic carbocycles. The molecule has 1 aromatic heterocycles. The minimum absolute atomic E-state index is 0.0229. The van der Waals surface area contributed by atoms with Gasteiger partial charge >= 0.3 is 0 Å². The van der Waals surface area contributed by atoms with Crippen LogP contribution in [0.4, 0.5) is 0 Å². The summed E-state index contributed by atoms with van der Waals surface area (Å²) in [5, 5.41) is 12.0. The Labute approximate surface area is 160 Å². The molecule has 1 amide bonds. The van der Waals surface area contributed by atoms with Crippen molar-refractivity contribution in [2.75, 3.05) is 13.1 Å². The van der Waals surface area contributed by atoms with Crippen LogP contribution in [0.1, 0.15) is 66.0 Å². The number of rotatable bonds is 6. The smallest absolute Gasteiger partial charge is 0.276 e. The van der Waals surface area contributed by atoms with E-state index in [-0.39, 0.29) is 5.91 Å². The molecule has 6 heteroatoms. The molecular weight excluding hydrogens is 338 g/mol. The van der Waals surface area contributed by atoms with Crippen LogP contribution in [0, 0.1) is 6.92 Å². The number of amides is 1. The summed E-state index contributed by atoms with van der Waals surface area (Å²) < 4.78 is 1.97. The maximum Gasteiger partial charge on any atom is 0.276 e. The second kappa shape index (κ2) is 7.80. The number of hydrogen-bond acceptors (Lipinski definition) is 4. The molecule has 144 valence electrons. The fraction of sp³-hybridized carbons (Fsp3) is 0.571. The lowest BCUT2D eigenvalue weighted by atomic mass is 10.1. The third kappa shape index (κ3) is 3.90. The zero-order chi connectivity index (χ0) is 18.8. The fourth-order valence-corrected chi connectivity index (χ4v) is 3.90. The average Bonchev–Trinajstić information content (AvgIpc) is 3.48. The molecule has 0 radical (unpaired) electrons. The molecule has 2 heterocycles. The van der Waals surface area contributed by atoms with E-state index in [1.165, 1.54) is 11.1 Å². The number of piperidine rings is 1. The Kier molecular flexibility index (Phi) is 5.25. The van der Waals surface area contributed by atoms with E-state index in [0.717, 1.165) is 50.9 Å². The van der Waals surface area contributed by atoms with Crippen LogP contribution in [0.5, 0.6) is 0 Å². The third-order valence-corrected chi connectivity index (χ3v) is 5.82. The van der Waals surface area contributed by atoms with E-state index in [2.05, 4.69) is 46.8 Å². The molecule has 1 aliphatic carbocycles. The number of carbonyl (C=O) groups excluding carboxylic acids is 1. The van der Waals surface area contributed by atoms with Crippen LogP contribution in [0.15, 0.2) is 24.3 Å². The first-order valence-electron chi connectivity index (χ1n) is 10.2. The molecule has 1 aliphatic heterocycles. The van der Waals surface area contributed by atoms with Gasteiger partial charge in [0.15, 0.2) is 5.69 Å². The van der Waals surface area contributed by atoms with Crippen LogP contribution < -0.4 is 5.32 Å². The van der Waals surface area contributed by atoms with Gasteiger partial charge in [-0.2, -0.15) is 0 Å². The SMILES string of the molecule is CCc1ccc(CN(C(=O)c2nnn(C3CCNCC3)c2C)C2CC2)cc1. The van der Waals surface area contributed by atoms with Crippen molar-refractivity contribution in [1.82, 2.24) is 25.2 Å². The highest BCUT2D eigenvalue weighted by atomic mass is 16.2. The van der Waals surface area contributed by atoms with Crippen LogP contribution in [-0.4, -0.2) is 44.9 Å². The predicted molar refractivity (Wildman–Crippen MR) is 105 cm³/mol. The minimum Gasteiger partial charge on any atom is -0.330 e. The van der Waals surface area contributed by atoms with Crippen molar-refractivity contribution in [3.8, 4) is 0 Å². The summed E-state index contributed by atoms with van der Waals surface area (Å²) in [6.07, 6.45) is 5.27. The Hall–Kier alpha value is -2.21. The summed E-state index contributed by atoms with van der Waals surface area (Å²) >= 11 is 0. The molecule has 2 aliphatic rings. The zero-order valence-electron chi connectivity index (χ0n) is 16.3. The monoisotopic (exact) mass is 367 g/mol. The third-order valence-electron chi connectivity index (χ3n) is 5.82. The van der Waals surface area contributed by atoms with Gasteiger partial charge in [-0.3, -0.25) is 4.79 Å². The molecule has 4 rings (SSSR count). The Morgan fingerprint density at radius 2 is 1.81 bits per heavy atom. The van der Waals surface area contributed by atoms with Crippen molar-refractivity contribution >= 4 is 5.91 Å². The topological polar surface area (TPSA) is 63.1 Å². The second-order valence-corrected chi connectivity index (χ2v) is 7.78. The van der Waals surface area contributed by atoms with E-state index in [1.54, 1.807) is 0 Å². The number of aromatic nitrogens is 3. The number of hydrogen-bond donors (Lipinski definition) is 1. The minimum atomic E-state index is 0.0229. The van der Waals surface area contributed by atoms with E-state index in [0.29, 0.717) is 24.3 Å². The van der Waals surface area contributed by atoms with Gasteiger partial charge in [-0.1, -0.05) is 36.4 Å². The van der Waals surface area contributed by atoms with Gasteiger partial charge in [0.25, 0.3) is 5.91 Å². The largest absolute Gasteiger partial charge is 0.330 e. The second-order valence-electron chi connectivity index (χ2n) is 7.78. The molecule has 2 aromatic rings. The zero-order valence-corrected chi connectivity index (χ0v) is 16.3. The first kappa shape index (κ1) is 18.2. The van der Waals surface area contributed by atoms with Gasteiger partial charge in [0.05, 0.1) is 11.7 Å². The molecule has 1 N–H and O–H groups in total. The normalized spacial score (nSPS) is 17.9. The Bertz CT molecular complexity index is 787. The van der Waals surface area contributed by atoms with Gasteiger partial charge in [0.2, 0.25) is 0 Å². The summed E-state index contributed by atoms with van der Waals surface area (Å²) in [4.78, 5) is 15.3. The molecule has 1 saturated carbocycles. The molecule has 0 spiro atoms. The molecule has 6 nitrogen and oxygen atoms in total. The lowest BCUT2D eigenvalue weighted by Gasteiger charge is -2.24. The number of carbonyl (C=O) groups is 1. The molecule has 2 fully saturated rings. The van der Waals surface area contributed by atoms with Crippen LogP contribution in [0.25, 0.3) is 0 Å². The number of aryl methyl sites for hydroxylation is 1. The Balaban J connectivity index is 1.53. The van der Waals surface area contributed by atoms with E-state index in [4.69, 9.17) is 0 Å². The summed E-state index contributed by atoms with van der Waals surface area (Å²) in [7, 11) is 0. The molecule has 0 atom stereocenters. The van der Waals surface area contributed by atoms with Crippen LogP contribution >= 0.6 is 0 Å². The molecule has 1 saturated heterocycles. The molecule has 0 unspecified atom stereocenters. The Morgan fingerprint density at radius 3 is 2.44 bits per heavy atom. The lowest BCUT2D eigenvalue weighted by Crippen LogP contribution is -2.33. The van der Waals surface area contributed by atoms with Gasteiger partial charge in [-0.25, -0.2) is 4.68 Å². The molecule has 0 bridgehead atoms. The first-order chi connectivity index (χ1) is 13.2. The van der Waals surface area contributed by atoms with E-state index >= 15 is 0 Å². The fourth-order valence-electron chi connectivity index (χ4n) is 3.90. The van der Waals surface area contributed by atoms with Crippen molar-refractivity contribution in [3.63, 3.8) is 0 Å². The van der Waals surface area contributed by atoms with Crippen LogP contribution in [0.3, 0.4) is 0 Å². The van der Waals surface area contributed by atoms with Crippen molar-refractivity contribution in [2.45, 2.75) is 64.6 Å². The predicted octanol–water partition coefficient (Wildman–Crippen LogP) is 2.88. The Morgan fingerprint density at radius 1 is 1.15 bits per heavy atom. The van der Waals surface area contributed by atoms with Gasteiger partial charge < -0.3 is 10.2 Å². The van der Waals surface area contributed by atoms with Crippen molar-refractivity contribution in [2.24, 2.45) is 0 Å². The van der Waals surface area contributed by atoms with E-state index < -0.39 is 0 Å². The van der Waals surface area contributed by atoms with E-state index in [1.807, 2.05) is 16.5 Å². The van der Waals surface area contributed by atoms with Crippen molar-refractivity contribution in [3.05, 3.63) is 46.8 Å². The summed E-state index contributed by atoms with van der Waals surface area (Å²) in [5.74, 6) is 0.0229. The number of nitrogens with one attached hydrogen (secondary N) is 1. The lowest BCUT2D eigenvalue weighted by molar-refractivity contribution is 0.0723. The van der Waals surface area contributed by atoms with Crippen molar-refractivity contribution < 1.29 is 4.79 Å². The van der Waals surface area contributed by atoms with Gasteiger partial charge in [-0.05, 0) is 63.2 Å². The number of nitrogens with zero attached hydrogens (tertiary/aromatic N) is 4. The van der Waals surface area contributed by atoms with Crippen LogP contribution in [0.2, 0.25) is 0 Å². The average molecular weight is 367 g/mol. The molecular formula is C21H29N5O. The highest BCUT2D eigenvalue weighted by molar-refractivity contribution is 5.93. The standard InChI is InChI=1S/C21H29N5O/c1-3-16-4-6-17(7-5-16)14-25(18-8-9-18)21(27)20-15(2)26(24-23-20)19-10-12-22-13-11-19/h4-7,18-19,22H,3,8-14H2,1-2H3. The summed E-state index contributed by atoms with van der Waals surface area (Å²) in [6, 6.07) is 9.27. The van der Waals surface area contributed by atoms with Crippen LogP contribution in [-0.2, 0) is 13.0 Å². The maximum absolute atomic E-state index is 13.3. The molecule has 27 heavy (non-hydrogen) atoms. The highest BCUT2D eigenvalue weighted by Gasteiger charge is 2.35. The van der Waals surface area contributed by atoms with E-state index in [9.17, 15) is 4.79 Å². The van der Waals surface area contributed by atoms with Gasteiger partial charge in [0.1, 0.15) is 0 Å². The maximum atomic E-state index is 13.3. The van der Waals surface area contributed by atoms with Gasteiger partial charge in [0, 0.05) is 12.6 Å². The van der Waals surface area contributed by atoms with Gasteiger partial charge in [-0.15, -0.1) is 5.10 Å². The highest BCUT2D eigenvalue weighted by Crippen LogP contribution is 2.30. The first-order valence-corrected chi connectivity index (χ1v) is 10.2. The van der Waals surface area contributed by atoms with Crippen molar-refractivity contribution in [1.29, 1.82) is 0 Å². The number of benzene rings is 1. The summed E-state index contributed by atoms with van der Waals surface area (Å²) in [6.45, 7) is 6.78. The summed E-state index contributed by atoms with van der Waals surface area (Å²) in [5.41, 5.74) is 3.92.